The largest absolute Gasteiger partial charge is 0.480 e. The Bertz CT molecular complexity index is 504. The highest BCUT2D eigenvalue weighted by molar-refractivity contribution is 8.01. The van der Waals surface area contributed by atoms with E-state index in [4.69, 9.17) is 10.4 Å². The molecule has 5 heteroatoms. The van der Waals surface area contributed by atoms with Crippen molar-refractivity contribution in [1.82, 2.24) is 4.98 Å². The number of carboxylic acids is 1. The third-order valence-corrected chi connectivity index (χ3v) is 3.51. The maximum absolute atomic E-state index is 11.1. The molecule has 0 saturated heterocycles. The molecule has 1 aromatic heterocycles. The molecular weight excluding hydrogens is 236 g/mol. The van der Waals surface area contributed by atoms with Crippen LogP contribution in [0.15, 0.2) is 11.0 Å². The van der Waals surface area contributed by atoms with Crippen molar-refractivity contribution in [1.29, 1.82) is 5.26 Å². The molecule has 1 N–H and O–H groups in total. The minimum Gasteiger partial charge on any atom is -0.480 e. The number of aliphatic carboxylic acids is 1. The number of thioether (sulfide) groups is 1. The molecule has 90 valence electrons. The third-order valence-electron chi connectivity index (χ3n) is 2.28. The molecule has 1 aromatic rings. The van der Waals surface area contributed by atoms with E-state index >= 15 is 0 Å². The zero-order chi connectivity index (χ0) is 13.2. The Labute approximate surface area is 105 Å². The highest BCUT2D eigenvalue weighted by Crippen LogP contribution is 2.35. The van der Waals surface area contributed by atoms with E-state index in [1.54, 1.807) is 26.8 Å². The molecule has 0 spiro atoms. The summed E-state index contributed by atoms with van der Waals surface area (Å²) in [5, 5.41) is 18.2. The predicted octanol–water partition coefficient (Wildman–Crippen LogP) is 2.53. The Kier molecular flexibility index (Phi) is 3.79. The Hall–Kier alpha value is -1.54. The summed E-state index contributed by atoms with van der Waals surface area (Å²) in [6.45, 7) is 6.81. The molecular formula is C12H14N2O2S. The first-order valence-electron chi connectivity index (χ1n) is 5.08. The Morgan fingerprint density at radius 3 is 2.59 bits per heavy atom. The van der Waals surface area contributed by atoms with Gasteiger partial charge in [0.1, 0.15) is 10.8 Å². The molecule has 4 nitrogen and oxygen atoms in total. The number of nitriles is 1. The summed E-state index contributed by atoms with van der Waals surface area (Å²) in [6, 6.07) is 3.83. The molecule has 0 aliphatic rings. The first kappa shape index (κ1) is 13.5. The van der Waals surface area contributed by atoms with Crippen molar-refractivity contribution in [2.45, 2.75) is 37.3 Å². The molecule has 0 saturated carbocycles. The maximum atomic E-state index is 11.1. The van der Waals surface area contributed by atoms with E-state index in [1.807, 2.05) is 6.92 Å². The van der Waals surface area contributed by atoms with Crippen LogP contribution in [-0.2, 0) is 4.79 Å². The lowest BCUT2D eigenvalue weighted by Crippen LogP contribution is -2.27. The molecule has 0 amide bonds. The summed E-state index contributed by atoms with van der Waals surface area (Å²) < 4.78 is -0.966. The van der Waals surface area contributed by atoms with E-state index in [-0.39, 0.29) is 0 Å². The van der Waals surface area contributed by atoms with Gasteiger partial charge in [0, 0.05) is 10.6 Å². The molecule has 0 fully saturated rings. The Balaban J connectivity index is 3.24. The van der Waals surface area contributed by atoms with Crippen molar-refractivity contribution in [3.05, 3.63) is 23.0 Å². The minimum absolute atomic E-state index is 0.454. The van der Waals surface area contributed by atoms with Gasteiger partial charge in [-0.05, 0) is 33.8 Å². The van der Waals surface area contributed by atoms with Gasteiger partial charge in [0.05, 0.1) is 11.3 Å². The van der Waals surface area contributed by atoms with Gasteiger partial charge in [-0.2, -0.15) is 5.26 Å². The topological polar surface area (TPSA) is 74.0 Å². The monoisotopic (exact) mass is 250 g/mol. The van der Waals surface area contributed by atoms with Crippen molar-refractivity contribution in [3.63, 3.8) is 0 Å². The van der Waals surface area contributed by atoms with Crippen LogP contribution in [0.5, 0.6) is 0 Å². The van der Waals surface area contributed by atoms with Crippen LogP contribution in [-0.4, -0.2) is 20.8 Å². The Morgan fingerprint density at radius 1 is 1.53 bits per heavy atom. The second kappa shape index (κ2) is 4.76. The first-order valence-corrected chi connectivity index (χ1v) is 5.90. The number of hydrogen-bond donors (Lipinski definition) is 1. The van der Waals surface area contributed by atoms with Gasteiger partial charge in [0.15, 0.2) is 0 Å². The van der Waals surface area contributed by atoms with Gasteiger partial charge < -0.3 is 5.11 Å². The summed E-state index contributed by atoms with van der Waals surface area (Å²) in [6.07, 6.45) is 0. The maximum Gasteiger partial charge on any atom is 0.319 e. The fourth-order valence-corrected chi connectivity index (χ4v) is 2.49. The quantitative estimate of drug-likeness (QED) is 0.834. The zero-order valence-electron chi connectivity index (χ0n) is 10.2. The Morgan fingerprint density at radius 2 is 2.12 bits per heavy atom. The number of aryl methyl sites for hydroxylation is 2. The van der Waals surface area contributed by atoms with Crippen LogP contribution in [0.1, 0.15) is 30.8 Å². The number of pyridine rings is 1. The van der Waals surface area contributed by atoms with Gasteiger partial charge in [-0.15, -0.1) is 11.8 Å². The van der Waals surface area contributed by atoms with E-state index in [0.29, 0.717) is 16.2 Å². The number of rotatable bonds is 3. The molecule has 0 bridgehead atoms. The average Bonchev–Trinajstić information content (AvgIpc) is 2.15. The van der Waals surface area contributed by atoms with Crippen molar-refractivity contribution in [2.75, 3.05) is 0 Å². The fourth-order valence-electron chi connectivity index (χ4n) is 1.33. The lowest BCUT2D eigenvalue weighted by atomic mass is 10.2. The van der Waals surface area contributed by atoms with Gasteiger partial charge in [0.2, 0.25) is 0 Å². The first-order chi connectivity index (χ1) is 7.77. The van der Waals surface area contributed by atoms with Crippen LogP contribution < -0.4 is 0 Å². The van der Waals surface area contributed by atoms with E-state index in [9.17, 15) is 4.79 Å². The van der Waals surface area contributed by atoms with Gasteiger partial charge in [0.25, 0.3) is 0 Å². The van der Waals surface area contributed by atoms with Crippen LogP contribution >= 0.6 is 11.8 Å². The highest BCUT2D eigenvalue weighted by atomic mass is 32.2. The van der Waals surface area contributed by atoms with E-state index in [1.165, 1.54) is 11.8 Å². The van der Waals surface area contributed by atoms with E-state index in [2.05, 4.69) is 11.1 Å². The minimum atomic E-state index is -0.966. The fraction of sp³-hybridized carbons (Fsp3) is 0.417. The van der Waals surface area contributed by atoms with Gasteiger partial charge in [-0.25, -0.2) is 0 Å². The zero-order valence-corrected chi connectivity index (χ0v) is 11.1. The molecule has 1 rings (SSSR count). The molecule has 0 aliphatic carbocycles. The number of nitrogens with zero attached hydrogens (tertiary/aromatic N) is 2. The number of carbonyl (C=O) groups is 1. The summed E-state index contributed by atoms with van der Waals surface area (Å²) in [5.41, 5.74) is 1.87. The summed E-state index contributed by atoms with van der Waals surface area (Å²) in [4.78, 5) is 15.9. The molecule has 0 atom stereocenters. The van der Waals surface area contributed by atoms with Gasteiger partial charge in [-0.3, -0.25) is 9.78 Å². The number of hydrogen-bond acceptors (Lipinski definition) is 4. The van der Waals surface area contributed by atoms with Gasteiger partial charge in [-0.1, -0.05) is 0 Å². The van der Waals surface area contributed by atoms with Crippen LogP contribution in [0.3, 0.4) is 0 Å². The SMILES string of the molecule is Cc1cc(SC(C)(C)C(=O)O)c(C#N)c(C)n1. The van der Waals surface area contributed by atoms with E-state index < -0.39 is 10.7 Å². The molecule has 0 unspecified atom stereocenters. The predicted molar refractivity (Wildman–Crippen MR) is 66.0 cm³/mol. The number of carboxylic acid groups (broad SMARTS) is 1. The van der Waals surface area contributed by atoms with Crippen LogP contribution in [0.4, 0.5) is 0 Å². The van der Waals surface area contributed by atoms with Gasteiger partial charge >= 0.3 is 5.97 Å². The summed E-state index contributed by atoms with van der Waals surface area (Å²) >= 11 is 1.17. The molecule has 0 radical (unpaired) electrons. The van der Waals surface area contributed by atoms with Crippen LogP contribution in [0.2, 0.25) is 0 Å². The van der Waals surface area contributed by atoms with Crippen molar-refractivity contribution in [2.24, 2.45) is 0 Å². The average molecular weight is 250 g/mol. The smallest absolute Gasteiger partial charge is 0.319 e. The molecule has 17 heavy (non-hydrogen) atoms. The lowest BCUT2D eigenvalue weighted by Gasteiger charge is -2.19. The summed E-state index contributed by atoms with van der Waals surface area (Å²) in [5.74, 6) is -0.904. The highest BCUT2D eigenvalue weighted by Gasteiger charge is 2.30. The number of aromatic nitrogens is 1. The standard InChI is InChI=1S/C12H14N2O2S/c1-7-5-10(9(6-13)8(2)14-7)17-12(3,4)11(15)16/h5H,1-4H3,(H,15,16). The van der Waals surface area contributed by atoms with Crippen molar-refractivity contribution in [3.8, 4) is 6.07 Å². The van der Waals surface area contributed by atoms with Crippen LogP contribution in [0, 0.1) is 25.2 Å². The van der Waals surface area contributed by atoms with Crippen molar-refractivity contribution >= 4 is 17.7 Å². The molecule has 0 aliphatic heterocycles. The van der Waals surface area contributed by atoms with Crippen molar-refractivity contribution < 1.29 is 9.90 Å². The van der Waals surface area contributed by atoms with E-state index in [0.717, 1.165) is 5.69 Å². The summed E-state index contributed by atoms with van der Waals surface area (Å²) in [7, 11) is 0. The third kappa shape index (κ3) is 2.98. The van der Waals surface area contributed by atoms with Crippen LogP contribution in [0.25, 0.3) is 0 Å². The molecule has 1 heterocycles. The molecule has 0 aromatic carbocycles. The normalized spacial score (nSPS) is 11.0. The lowest BCUT2D eigenvalue weighted by molar-refractivity contribution is -0.138. The second-order valence-corrected chi connectivity index (χ2v) is 5.92. The second-order valence-electron chi connectivity index (χ2n) is 4.25.